The lowest BCUT2D eigenvalue weighted by molar-refractivity contribution is 0.0684. The van der Waals surface area contributed by atoms with Crippen molar-refractivity contribution in [2.75, 3.05) is 0 Å². The van der Waals surface area contributed by atoms with E-state index in [9.17, 15) is 9.59 Å². The van der Waals surface area contributed by atoms with Gasteiger partial charge in [-0.3, -0.25) is 4.79 Å². The number of carboxylic acid groups (broad SMARTS) is 1. The topological polar surface area (TPSA) is 79.3 Å². The molecule has 0 saturated heterocycles. The van der Waals surface area contributed by atoms with Gasteiger partial charge in [-0.15, -0.1) is 0 Å². The monoisotopic (exact) mass is 208 g/mol. The summed E-state index contributed by atoms with van der Waals surface area (Å²) in [7, 11) is 0. The Kier molecular flexibility index (Phi) is 3.38. The largest absolute Gasteiger partial charge is 0.476 e. The second-order valence-electron chi connectivity index (χ2n) is 3.33. The number of pyridine rings is 1. The third kappa shape index (κ3) is 2.77. The zero-order chi connectivity index (χ0) is 11.4. The molecule has 0 fully saturated rings. The first-order valence-corrected chi connectivity index (χ1v) is 4.51. The van der Waals surface area contributed by atoms with Crippen LogP contribution in [0, 0.1) is 0 Å². The highest BCUT2D eigenvalue weighted by atomic mass is 16.4. The summed E-state index contributed by atoms with van der Waals surface area (Å²) in [5.41, 5.74) is -0.144. The van der Waals surface area contributed by atoms with Crippen molar-refractivity contribution in [3.05, 3.63) is 29.6 Å². The van der Waals surface area contributed by atoms with Gasteiger partial charge in [0.15, 0.2) is 5.69 Å². The molecular weight excluding hydrogens is 196 g/mol. The summed E-state index contributed by atoms with van der Waals surface area (Å²) in [4.78, 5) is 26.0. The molecule has 5 heteroatoms. The fourth-order valence-electron chi connectivity index (χ4n) is 1.10. The predicted octanol–water partition coefficient (Wildman–Crippen LogP) is 0.918. The Hall–Kier alpha value is -1.91. The van der Waals surface area contributed by atoms with Gasteiger partial charge in [-0.05, 0) is 26.0 Å². The minimum Gasteiger partial charge on any atom is -0.476 e. The number of hydrogen-bond acceptors (Lipinski definition) is 3. The molecule has 15 heavy (non-hydrogen) atoms. The van der Waals surface area contributed by atoms with Gasteiger partial charge in [0.25, 0.3) is 5.91 Å². The molecule has 80 valence electrons. The highest BCUT2D eigenvalue weighted by Gasteiger charge is 2.17. The van der Waals surface area contributed by atoms with Crippen LogP contribution in [-0.4, -0.2) is 28.0 Å². The first-order valence-electron chi connectivity index (χ1n) is 4.51. The van der Waals surface area contributed by atoms with Crippen LogP contribution >= 0.6 is 0 Å². The normalized spacial score (nSPS) is 10.1. The Morgan fingerprint density at radius 2 is 2.13 bits per heavy atom. The minimum atomic E-state index is -1.20. The lowest BCUT2D eigenvalue weighted by atomic mass is 10.1. The minimum absolute atomic E-state index is 0.0423. The molecule has 0 saturated carbocycles. The fraction of sp³-hybridized carbons (Fsp3) is 0.300. The van der Waals surface area contributed by atoms with Crippen molar-refractivity contribution >= 4 is 11.9 Å². The van der Waals surface area contributed by atoms with Crippen molar-refractivity contribution in [1.82, 2.24) is 10.3 Å². The third-order valence-corrected chi connectivity index (χ3v) is 1.67. The van der Waals surface area contributed by atoms with Crippen LogP contribution in [0.5, 0.6) is 0 Å². The second kappa shape index (κ2) is 4.54. The van der Waals surface area contributed by atoms with E-state index in [1.807, 2.05) is 0 Å². The highest BCUT2D eigenvalue weighted by Crippen LogP contribution is 2.05. The number of carbonyl (C=O) groups is 2. The van der Waals surface area contributed by atoms with E-state index in [1.54, 1.807) is 13.8 Å². The number of aromatic carboxylic acids is 1. The maximum absolute atomic E-state index is 11.6. The molecule has 1 aromatic rings. The highest BCUT2D eigenvalue weighted by molar-refractivity contribution is 6.03. The molecule has 0 aliphatic rings. The quantitative estimate of drug-likeness (QED) is 0.774. The van der Waals surface area contributed by atoms with Gasteiger partial charge in [0.1, 0.15) is 0 Å². The molecule has 0 bridgehead atoms. The molecule has 0 atom stereocenters. The Labute approximate surface area is 87.1 Å². The fourth-order valence-corrected chi connectivity index (χ4v) is 1.10. The summed E-state index contributed by atoms with van der Waals surface area (Å²) >= 11 is 0. The lowest BCUT2D eigenvalue weighted by Crippen LogP contribution is -2.31. The number of nitrogens with one attached hydrogen (secondary N) is 1. The van der Waals surface area contributed by atoms with Crippen LogP contribution in [0.15, 0.2) is 18.3 Å². The van der Waals surface area contributed by atoms with Gasteiger partial charge in [0.05, 0.1) is 5.56 Å². The van der Waals surface area contributed by atoms with Gasteiger partial charge in [-0.25, -0.2) is 9.78 Å². The Morgan fingerprint density at radius 1 is 1.47 bits per heavy atom. The van der Waals surface area contributed by atoms with E-state index in [4.69, 9.17) is 5.11 Å². The van der Waals surface area contributed by atoms with Crippen LogP contribution in [-0.2, 0) is 0 Å². The number of aromatic nitrogens is 1. The predicted molar refractivity (Wildman–Crippen MR) is 53.8 cm³/mol. The third-order valence-electron chi connectivity index (χ3n) is 1.67. The molecule has 0 aromatic carbocycles. The van der Waals surface area contributed by atoms with E-state index in [0.717, 1.165) is 0 Å². The number of carbonyl (C=O) groups excluding carboxylic acids is 1. The van der Waals surface area contributed by atoms with E-state index in [0.29, 0.717) is 0 Å². The van der Waals surface area contributed by atoms with Crippen molar-refractivity contribution < 1.29 is 14.7 Å². The van der Waals surface area contributed by atoms with Gasteiger partial charge in [0, 0.05) is 12.2 Å². The maximum Gasteiger partial charge on any atom is 0.355 e. The van der Waals surface area contributed by atoms with Gasteiger partial charge >= 0.3 is 5.97 Å². The summed E-state index contributed by atoms with van der Waals surface area (Å²) < 4.78 is 0. The zero-order valence-corrected chi connectivity index (χ0v) is 8.52. The van der Waals surface area contributed by atoms with Crippen molar-refractivity contribution in [2.45, 2.75) is 19.9 Å². The molecule has 1 heterocycles. The average Bonchev–Trinajstić information content (AvgIpc) is 2.16. The van der Waals surface area contributed by atoms with Crippen LogP contribution < -0.4 is 5.32 Å². The molecule has 1 amide bonds. The maximum atomic E-state index is 11.6. The number of carboxylic acids is 1. The van der Waals surface area contributed by atoms with Crippen molar-refractivity contribution in [2.24, 2.45) is 0 Å². The standard InChI is InChI=1S/C10H12N2O3/c1-6(2)12-9(13)7-4-3-5-11-8(7)10(14)15/h3-6H,1-2H3,(H,12,13)(H,14,15). The molecule has 1 aromatic heterocycles. The van der Waals surface area contributed by atoms with Crippen molar-refractivity contribution in [1.29, 1.82) is 0 Å². The van der Waals surface area contributed by atoms with E-state index in [-0.39, 0.29) is 17.3 Å². The smallest absolute Gasteiger partial charge is 0.355 e. The molecular formula is C10H12N2O3. The number of nitrogens with zero attached hydrogens (tertiary/aromatic N) is 1. The van der Waals surface area contributed by atoms with Crippen molar-refractivity contribution in [3.63, 3.8) is 0 Å². The second-order valence-corrected chi connectivity index (χ2v) is 3.33. The molecule has 5 nitrogen and oxygen atoms in total. The van der Waals surface area contributed by atoms with Gasteiger partial charge in [-0.2, -0.15) is 0 Å². The first-order chi connectivity index (χ1) is 7.02. The van der Waals surface area contributed by atoms with E-state index < -0.39 is 11.9 Å². The van der Waals surface area contributed by atoms with Gasteiger partial charge in [-0.1, -0.05) is 0 Å². The summed E-state index contributed by atoms with van der Waals surface area (Å²) in [6.07, 6.45) is 1.34. The van der Waals surface area contributed by atoms with E-state index in [1.165, 1.54) is 18.3 Å². The zero-order valence-electron chi connectivity index (χ0n) is 8.52. The molecule has 0 aliphatic heterocycles. The summed E-state index contributed by atoms with van der Waals surface area (Å²) in [6, 6.07) is 2.93. The molecule has 0 spiro atoms. The van der Waals surface area contributed by atoms with E-state index in [2.05, 4.69) is 10.3 Å². The SMILES string of the molecule is CC(C)NC(=O)c1cccnc1C(=O)O. The van der Waals surface area contributed by atoms with Crippen LogP contribution in [0.4, 0.5) is 0 Å². The molecule has 0 aliphatic carbocycles. The molecule has 0 radical (unpaired) electrons. The van der Waals surface area contributed by atoms with Gasteiger partial charge < -0.3 is 10.4 Å². The first kappa shape index (κ1) is 11.2. The average molecular weight is 208 g/mol. The van der Waals surface area contributed by atoms with E-state index >= 15 is 0 Å². The Morgan fingerprint density at radius 3 is 2.67 bits per heavy atom. The Balaban J connectivity index is 3.03. The lowest BCUT2D eigenvalue weighted by Gasteiger charge is -2.09. The van der Waals surface area contributed by atoms with Crippen LogP contribution in [0.3, 0.4) is 0 Å². The van der Waals surface area contributed by atoms with Crippen LogP contribution in [0.1, 0.15) is 34.7 Å². The molecule has 0 unspecified atom stereocenters. The summed E-state index contributed by atoms with van der Waals surface area (Å²) in [5, 5.41) is 11.4. The summed E-state index contributed by atoms with van der Waals surface area (Å²) in [5.74, 6) is -1.62. The molecule has 1 rings (SSSR count). The van der Waals surface area contributed by atoms with Crippen molar-refractivity contribution in [3.8, 4) is 0 Å². The number of rotatable bonds is 3. The summed E-state index contributed by atoms with van der Waals surface area (Å²) in [6.45, 7) is 3.60. The number of hydrogen-bond donors (Lipinski definition) is 2. The van der Waals surface area contributed by atoms with Gasteiger partial charge in [0.2, 0.25) is 0 Å². The van der Waals surface area contributed by atoms with Crippen LogP contribution in [0.25, 0.3) is 0 Å². The Bertz CT molecular complexity index is 388. The molecule has 2 N–H and O–H groups in total. The van der Waals surface area contributed by atoms with Crippen LogP contribution in [0.2, 0.25) is 0 Å². The number of amides is 1.